The van der Waals surface area contributed by atoms with Crippen molar-refractivity contribution in [2.75, 3.05) is 7.11 Å². The first-order chi connectivity index (χ1) is 4.27. The number of amides is 2. The van der Waals surface area contributed by atoms with E-state index in [1.165, 1.54) is 7.11 Å². The minimum absolute atomic E-state index is 0.00463. The smallest absolute Gasteiger partial charge is 0.494 e. The van der Waals surface area contributed by atoms with Crippen LogP contribution in [0.3, 0.4) is 0 Å². The van der Waals surface area contributed by atoms with Gasteiger partial charge in [-0.3, -0.25) is 4.55 Å². The number of hydrogen-bond acceptors (Lipinski definition) is 3. The summed E-state index contributed by atoms with van der Waals surface area (Å²) in [6.45, 7) is 0. The molecule has 0 bridgehead atoms. The average Bonchev–Trinajstić information content (AvgIpc) is 1.61. The highest BCUT2D eigenvalue weighted by atomic mass is 32.3. The molecule has 0 aliphatic rings. The summed E-state index contributed by atoms with van der Waals surface area (Å²) in [4.78, 5) is 0. The second kappa shape index (κ2) is 4.97. The van der Waals surface area contributed by atoms with E-state index in [1.807, 2.05) is 0 Å². The van der Waals surface area contributed by atoms with Gasteiger partial charge >= 0.3 is 6.03 Å². The molecule has 0 aromatic carbocycles. The summed E-state index contributed by atoms with van der Waals surface area (Å²) in [5, 5.41) is 0. The van der Waals surface area contributed by atoms with Crippen LogP contribution in [0.1, 0.15) is 0 Å². The van der Waals surface area contributed by atoms with E-state index in [0.717, 1.165) is 0 Å². The summed E-state index contributed by atoms with van der Waals surface area (Å²) in [6, 6.07) is 0.00463. The first-order valence-corrected chi connectivity index (χ1v) is 3.24. The predicted octanol–water partition coefficient (Wildman–Crippen LogP) is -1.81. The van der Waals surface area contributed by atoms with Gasteiger partial charge < -0.3 is 16.0 Å². The van der Waals surface area contributed by atoms with Gasteiger partial charge in [-0.05, 0) is 0 Å². The summed E-state index contributed by atoms with van der Waals surface area (Å²) in [5.74, 6) is 0. The zero-order chi connectivity index (χ0) is 8.78. The van der Waals surface area contributed by atoms with Crippen LogP contribution in [0.4, 0.5) is 4.42 Å². The van der Waals surface area contributed by atoms with Gasteiger partial charge in [-0.25, -0.2) is 12.8 Å². The van der Waals surface area contributed by atoms with Crippen molar-refractivity contribution in [1.82, 2.24) is 0 Å². The molecule has 0 heterocycles. The highest BCUT2D eigenvalue weighted by molar-refractivity contribution is 7.79. The van der Waals surface area contributed by atoms with Crippen molar-refractivity contribution < 1.29 is 21.9 Å². The van der Waals surface area contributed by atoms with Gasteiger partial charge in [0.2, 0.25) is 10.4 Å². The van der Waals surface area contributed by atoms with Crippen molar-refractivity contribution in [1.29, 1.82) is 0 Å². The Balaban J connectivity index is 0. The van der Waals surface area contributed by atoms with E-state index in [0.29, 0.717) is 0 Å². The fraction of sp³-hybridized carbons (Fsp3) is 0.500. The molecule has 0 fully saturated rings. The molecule has 0 saturated heterocycles. The van der Waals surface area contributed by atoms with Crippen molar-refractivity contribution >= 4 is 16.4 Å². The molecule has 62 valence electrons. The number of hydrogen-bond donors (Lipinski definition) is 3. The maximum Gasteiger partial charge on any atom is 0.494 e. The maximum atomic E-state index is 8.63. The van der Waals surface area contributed by atoms with Gasteiger partial charge in [0, 0.05) is 0 Å². The van der Waals surface area contributed by atoms with E-state index in [2.05, 4.69) is 4.42 Å². The van der Waals surface area contributed by atoms with Crippen LogP contribution in [0.15, 0.2) is 0 Å². The summed E-state index contributed by atoms with van der Waals surface area (Å²) in [5.41, 5.74) is 9.53. The fourth-order valence-electron chi connectivity index (χ4n) is 0. The lowest BCUT2D eigenvalue weighted by molar-refractivity contribution is -0.0815. The molecular formula is C2H8N2O5S. The second-order valence-electron chi connectivity index (χ2n) is 1.03. The second-order valence-corrected chi connectivity index (χ2v) is 1.89. The zero-order valence-corrected chi connectivity index (χ0v) is 5.96. The summed E-state index contributed by atoms with van der Waals surface area (Å²) in [7, 11) is -3.50. The topological polar surface area (TPSA) is 141 Å². The van der Waals surface area contributed by atoms with E-state index in [4.69, 9.17) is 29.0 Å². The molecule has 0 atom stereocenters. The van der Waals surface area contributed by atoms with Crippen molar-refractivity contribution in [3.05, 3.63) is 0 Å². The van der Waals surface area contributed by atoms with Crippen molar-refractivity contribution in [2.24, 2.45) is 11.5 Å². The number of urea groups is 1. The minimum atomic E-state index is -4.92. The molecule has 7 nitrogen and oxygen atoms in total. The molecule has 0 aliphatic heterocycles. The Morgan fingerprint density at radius 1 is 1.60 bits per heavy atom. The van der Waals surface area contributed by atoms with Crippen LogP contribution in [0.2, 0.25) is 0 Å². The largest absolute Gasteiger partial charge is 0.726 e. The lowest BCUT2D eigenvalue weighted by Gasteiger charge is -1.88. The standard InChI is InChI=1S/C2H7N2O.H2O4S/c1-5-2(3)4;1-5(2,3)4/h3-4H2,1H3;(H2,1,2,3,4)/q+1;/p-1. The maximum absolute atomic E-state index is 8.63. The Kier molecular flexibility index (Phi) is 5.90. The highest BCUT2D eigenvalue weighted by Crippen LogP contribution is 1.58. The summed E-state index contributed by atoms with van der Waals surface area (Å²) >= 11 is 0. The third-order valence-corrected chi connectivity index (χ3v) is 0.236. The van der Waals surface area contributed by atoms with Crippen LogP contribution in [-0.4, -0.2) is 30.7 Å². The molecule has 0 saturated carbocycles. The van der Waals surface area contributed by atoms with Gasteiger partial charge in [0.25, 0.3) is 7.11 Å². The molecule has 10 heavy (non-hydrogen) atoms. The van der Waals surface area contributed by atoms with Crippen LogP contribution >= 0.6 is 0 Å². The lowest BCUT2D eigenvalue weighted by atomic mass is 11.2. The van der Waals surface area contributed by atoms with Gasteiger partial charge in [-0.2, -0.15) is 0 Å². The first kappa shape index (κ1) is 11.9. The number of nitrogens with two attached hydrogens (primary N) is 2. The first-order valence-electron chi connectivity index (χ1n) is 1.87. The quantitative estimate of drug-likeness (QED) is 0.225. The Hall–Kier alpha value is -0.860. The molecular weight excluding hydrogens is 164 g/mol. The van der Waals surface area contributed by atoms with Crippen LogP contribution in [0.25, 0.3) is 0 Å². The monoisotopic (exact) mass is 172 g/mol. The van der Waals surface area contributed by atoms with Crippen LogP contribution < -0.4 is 11.5 Å². The van der Waals surface area contributed by atoms with Gasteiger partial charge in [0.15, 0.2) is 0 Å². The van der Waals surface area contributed by atoms with Crippen molar-refractivity contribution in [2.45, 2.75) is 0 Å². The van der Waals surface area contributed by atoms with Gasteiger partial charge in [-0.1, -0.05) is 0 Å². The molecule has 2 amide bonds. The lowest BCUT2D eigenvalue weighted by Crippen LogP contribution is -2.20. The molecule has 0 aromatic heterocycles. The van der Waals surface area contributed by atoms with Gasteiger partial charge in [0.05, 0.1) is 0 Å². The third kappa shape index (κ3) is 207. The van der Waals surface area contributed by atoms with Gasteiger partial charge in [0.1, 0.15) is 0 Å². The molecule has 0 aliphatic carbocycles. The van der Waals surface area contributed by atoms with E-state index in [1.54, 1.807) is 0 Å². The number of rotatable bonds is 0. The van der Waals surface area contributed by atoms with Crippen molar-refractivity contribution in [3.8, 4) is 0 Å². The van der Waals surface area contributed by atoms with E-state index < -0.39 is 10.4 Å². The minimum Gasteiger partial charge on any atom is -0.726 e. The number of carbonyl (C=O) groups excluding carboxylic acids is 1. The molecule has 0 rings (SSSR count). The summed E-state index contributed by atoms with van der Waals surface area (Å²) in [6.07, 6.45) is 0. The molecule has 0 spiro atoms. The van der Waals surface area contributed by atoms with E-state index in [9.17, 15) is 0 Å². The van der Waals surface area contributed by atoms with Crippen molar-refractivity contribution in [3.63, 3.8) is 0 Å². The van der Waals surface area contributed by atoms with E-state index in [-0.39, 0.29) is 6.03 Å². The molecule has 8 heteroatoms. The Bertz CT molecular complexity index is 182. The molecule has 0 aromatic rings. The Labute approximate surface area is 57.9 Å². The zero-order valence-electron chi connectivity index (χ0n) is 5.14. The predicted molar refractivity (Wildman–Crippen MR) is 32.0 cm³/mol. The summed E-state index contributed by atoms with van der Waals surface area (Å²) < 4.78 is 37.1. The molecule has 0 radical (unpaired) electrons. The van der Waals surface area contributed by atoms with Crippen LogP contribution in [-0.2, 0) is 10.4 Å². The average molecular weight is 172 g/mol. The highest BCUT2D eigenvalue weighted by Gasteiger charge is 1.81. The van der Waals surface area contributed by atoms with Gasteiger partial charge in [-0.15, -0.1) is 0 Å². The van der Waals surface area contributed by atoms with Crippen LogP contribution in [0, 0.1) is 0 Å². The van der Waals surface area contributed by atoms with Crippen LogP contribution in [0.5, 0.6) is 0 Å². The Morgan fingerprint density at radius 3 is 1.70 bits per heavy atom. The SMILES string of the molecule is C[O+]=C(N)N.O=S(=O)([O-])O. The molecule has 5 N–H and O–H groups in total. The normalized spacial score (nSPS) is 9.10. The number of primary amides is 2. The fourth-order valence-corrected chi connectivity index (χ4v) is 0. The third-order valence-electron chi connectivity index (χ3n) is 0.236. The Morgan fingerprint density at radius 2 is 1.70 bits per heavy atom. The van der Waals surface area contributed by atoms with E-state index >= 15 is 0 Å². The molecule has 0 unspecified atom stereocenters.